The summed E-state index contributed by atoms with van der Waals surface area (Å²) >= 11 is 7.18. The highest BCUT2D eigenvalue weighted by Gasteiger charge is 2.20. The number of anilines is 1. The molecule has 0 aliphatic carbocycles. The standard InChI is InChI=1S/C13H20ClN3O2S/c1-3-17-6-4-9(5-7-17)8-15-13-16-11(14)10(20-13)12(18)19-2/h9H,3-8H2,1-2H3,(H,15,16). The van der Waals surface area contributed by atoms with Crippen molar-refractivity contribution in [1.29, 1.82) is 0 Å². The van der Waals surface area contributed by atoms with Gasteiger partial charge in [-0.2, -0.15) is 0 Å². The highest BCUT2D eigenvalue weighted by atomic mass is 35.5. The first-order valence-corrected chi connectivity index (χ1v) is 8.04. The molecule has 1 N–H and O–H groups in total. The van der Waals surface area contributed by atoms with E-state index in [1.54, 1.807) is 0 Å². The number of aromatic nitrogens is 1. The molecule has 1 aromatic rings. The zero-order chi connectivity index (χ0) is 14.5. The summed E-state index contributed by atoms with van der Waals surface area (Å²) in [5, 5.41) is 4.19. The number of methoxy groups -OCH3 is 1. The number of halogens is 1. The molecule has 7 heteroatoms. The van der Waals surface area contributed by atoms with Crippen molar-refractivity contribution in [3.63, 3.8) is 0 Å². The van der Waals surface area contributed by atoms with E-state index in [2.05, 4.69) is 26.9 Å². The van der Waals surface area contributed by atoms with Crippen molar-refractivity contribution < 1.29 is 9.53 Å². The zero-order valence-electron chi connectivity index (χ0n) is 11.8. The van der Waals surface area contributed by atoms with Gasteiger partial charge < -0.3 is 15.0 Å². The van der Waals surface area contributed by atoms with Gasteiger partial charge in [0.2, 0.25) is 0 Å². The van der Waals surface area contributed by atoms with E-state index in [4.69, 9.17) is 11.6 Å². The Balaban J connectivity index is 1.84. The Morgan fingerprint density at radius 3 is 2.85 bits per heavy atom. The van der Waals surface area contributed by atoms with E-state index in [0.717, 1.165) is 26.2 Å². The third-order valence-electron chi connectivity index (χ3n) is 3.65. The average Bonchev–Trinajstić information content (AvgIpc) is 2.86. The Kier molecular flexibility index (Phi) is 5.63. The van der Waals surface area contributed by atoms with Gasteiger partial charge in [-0.1, -0.05) is 29.9 Å². The molecule has 1 aromatic heterocycles. The maximum Gasteiger partial charge on any atom is 0.351 e. The van der Waals surface area contributed by atoms with E-state index >= 15 is 0 Å². The van der Waals surface area contributed by atoms with Crippen LogP contribution in [0.15, 0.2) is 0 Å². The topological polar surface area (TPSA) is 54.5 Å². The lowest BCUT2D eigenvalue weighted by molar-refractivity contribution is 0.0606. The van der Waals surface area contributed by atoms with E-state index in [-0.39, 0.29) is 5.15 Å². The van der Waals surface area contributed by atoms with Crippen molar-refractivity contribution >= 4 is 34.0 Å². The molecule has 0 bridgehead atoms. The van der Waals surface area contributed by atoms with Crippen LogP contribution in [0.25, 0.3) is 0 Å². The van der Waals surface area contributed by atoms with Crippen LogP contribution in [0.1, 0.15) is 29.4 Å². The van der Waals surface area contributed by atoms with E-state index < -0.39 is 5.97 Å². The molecule has 0 atom stereocenters. The minimum atomic E-state index is -0.434. The maximum atomic E-state index is 11.5. The second kappa shape index (κ2) is 7.24. The summed E-state index contributed by atoms with van der Waals surface area (Å²) in [7, 11) is 1.34. The molecular formula is C13H20ClN3O2S. The first kappa shape index (κ1) is 15.5. The zero-order valence-corrected chi connectivity index (χ0v) is 13.4. The van der Waals surface area contributed by atoms with Crippen LogP contribution in [-0.2, 0) is 4.74 Å². The van der Waals surface area contributed by atoms with E-state index in [1.165, 1.54) is 31.3 Å². The summed E-state index contributed by atoms with van der Waals surface area (Å²) in [6, 6.07) is 0. The lowest BCUT2D eigenvalue weighted by atomic mass is 9.97. The molecule has 0 spiro atoms. The molecule has 2 heterocycles. The fourth-order valence-electron chi connectivity index (χ4n) is 2.33. The van der Waals surface area contributed by atoms with Gasteiger partial charge in [-0.25, -0.2) is 9.78 Å². The first-order valence-electron chi connectivity index (χ1n) is 6.85. The van der Waals surface area contributed by atoms with Crippen LogP contribution in [0.2, 0.25) is 5.15 Å². The number of esters is 1. The second-order valence-electron chi connectivity index (χ2n) is 4.89. The SMILES string of the molecule is CCN1CCC(CNc2nc(Cl)c(C(=O)OC)s2)CC1. The summed E-state index contributed by atoms with van der Waals surface area (Å²) in [6.07, 6.45) is 2.40. The number of hydrogen-bond donors (Lipinski definition) is 1. The summed E-state index contributed by atoms with van der Waals surface area (Å²) in [6.45, 7) is 6.53. The number of hydrogen-bond acceptors (Lipinski definition) is 6. The van der Waals surface area contributed by atoms with E-state index in [1.807, 2.05) is 0 Å². The number of piperidine rings is 1. The molecule has 5 nitrogen and oxygen atoms in total. The number of carbonyl (C=O) groups is 1. The monoisotopic (exact) mass is 317 g/mol. The van der Waals surface area contributed by atoms with Gasteiger partial charge in [0.05, 0.1) is 7.11 Å². The van der Waals surface area contributed by atoms with Crippen molar-refractivity contribution in [3.8, 4) is 0 Å². The molecule has 0 saturated carbocycles. The maximum absolute atomic E-state index is 11.5. The number of likely N-dealkylation sites (tertiary alicyclic amines) is 1. The molecule has 1 aliphatic heterocycles. The fraction of sp³-hybridized carbons (Fsp3) is 0.692. The normalized spacial score (nSPS) is 17.1. The Morgan fingerprint density at radius 2 is 2.25 bits per heavy atom. The quantitative estimate of drug-likeness (QED) is 0.846. The van der Waals surface area contributed by atoms with Crippen molar-refractivity contribution in [2.45, 2.75) is 19.8 Å². The Morgan fingerprint density at radius 1 is 1.55 bits per heavy atom. The van der Waals surface area contributed by atoms with Gasteiger partial charge in [-0.3, -0.25) is 0 Å². The second-order valence-corrected chi connectivity index (χ2v) is 6.25. The molecule has 1 aliphatic rings. The first-order chi connectivity index (χ1) is 9.63. The molecule has 1 saturated heterocycles. The largest absolute Gasteiger partial charge is 0.465 e. The smallest absolute Gasteiger partial charge is 0.351 e. The van der Waals surface area contributed by atoms with Crippen LogP contribution >= 0.6 is 22.9 Å². The highest BCUT2D eigenvalue weighted by Crippen LogP contribution is 2.28. The van der Waals surface area contributed by atoms with Crippen molar-refractivity contribution in [1.82, 2.24) is 9.88 Å². The van der Waals surface area contributed by atoms with Crippen LogP contribution < -0.4 is 5.32 Å². The van der Waals surface area contributed by atoms with Gasteiger partial charge in [0.25, 0.3) is 0 Å². The fourth-order valence-corrected chi connectivity index (χ4v) is 3.44. The molecule has 0 amide bonds. The molecule has 1 fully saturated rings. The van der Waals surface area contributed by atoms with E-state index in [0.29, 0.717) is 15.9 Å². The molecule has 112 valence electrons. The predicted octanol–water partition coefficient (Wildman–Crippen LogP) is 2.73. The van der Waals surface area contributed by atoms with Crippen LogP contribution in [-0.4, -0.2) is 49.1 Å². The van der Waals surface area contributed by atoms with Gasteiger partial charge in [-0.05, 0) is 38.4 Å². The van der Waals surface area contributed by atoms with Crippen LogP contribution in [0.3, 0.4) is 0 Å². The predicted molar refractivity (Wildman–Crippen MR) is 81.8 cm³/mol. The molecule has 20 heavy (non-hydrogen) atoms. The Bertz CT molecular complexity index is 458. The Labute approximate surface area is 128 Å². The van der Waals surface area contributed by atoms with Gasteiger partial charge in [0.15, 0.2) is 15.2 Å². The van der Waals surface area contributed by atoms with Gasteiger partial charge >= 0.3 is 5.97 Å². The number of nitrogens with one attached hydrogen (secondary N) is 1. The third kappa shape index (κ3) is 3.84. The molecule has 0 unspecified atom stereocenters. The number of thiazole rings is 1. The van der Waals surface area contributed by atoms with Crippen LogP contribution in [0.4, 0.5) is 5.13 Å². The van der Waals surface area contributed by atoms with Crippen molar-refractivity contribution in [2.24, 2.45) is 5.92 Å². The van der Waals surface area contributed by atoms with Crippen LogP contribution in [0, 0.1) is 5.92 Å². The minimum absolute atomic E-state index is 0.213. The lowest BCUT2D eigenvalue weighted by Crippen LogP contribution is -2.35. The molecule has 0 aromatic carbocycles. The number of carbonyl (C=O) groups excluding carboxylic acids is 1. The molecule has 0 radical (unpaired) electrons. The van der Waals surface area contributed by atoms with Gasteiger partial charge in [0, 0.05) is 6.54 Å². The number of nitrogens with zero attached hydrogens (tertiary/aromatic N) is 2. The van der Waals surface area contributed by atoms with Crippen molar-refractivity contribution in [3.05, 3.63) is 10.0 Å². The number of rotatable bonds is 5. The van der Waals surface area contributed by atoms with Gasteiger partial charge in [-0.15, -0.1) is 0 Å². The summed E-state index contributed by atoms with van der Waals surface area (Å²) in [5.74, 6) is 0.221. The average molecular weight is 318 g/mol. The van der Waals surface area contributed by atoms with Crippen molar-refractivity contribution in [2.75, 3.05) is 38.6 Å². The Hall–Kier alpha value is -0.850. The summed E-state index contributed by atoms with van der Waals surface area (Å²) < 4.78 is 4.66. The highest BCUT2D eigenvalue weighted by molar-refractivity contribution is 7.18. The summed E-state index contributed by atoms with van der Waals surface area (Å²) in [5.41, 5.74) is 0. The molecule has 2 rings (SSSR count). The molecular weight excluding hydrogens is 298 g/mol. The summed E-state index contributed by atoms with van der Waals surface area (Å²) in [4.78, 5) is 18.4. The van der Waals surface area contributed by atoms with E-state index in [9.17, 15) is 4.79 Å². The lowest BCUT2D eigenvalue weighted by Gasteiger charge is -2.30. The minimum Gasteiger partial charge on any atom is -0.465 e. The van der Waals surface area contributed by atoms with Gasteiger partial charge in [0.1, 0.15) is 0 Å². The number of ether oxygens (including phenoxy) is 1. The third-order valence-corrected chi connectivity index (χ3v) is 5.03. The van der Waals surface area contributed by atoms with Crippen LogP contribution in [0.5, 0.6) is 0 Å².